The van der Waals surface area contributed by atoms with Crippen molar-refractivity contribution < 1.29 is 4.79 Å². The third kappa shape index (κ3) is 9.64. The fourth-order valence-corrected chi connectivity index (χ4v) is 2.36. The van der Waals surface area contributed by atoms with Crippen molar-refractivity contribution in [3.63, 3.8) is 0 Å². The zero-order valence-corrected chi connectivity index (χ0v) is 14.7. The molecule has 0 heterocycles. The Kier molecular flexibility index (Phi) is 9.35. The van der Waals surface area contributed by atoms with Crippen molar-refractivity contribution in [3.8, 4) is 0 Å². The number of hydrogen-bond donors (Lipinski definition) is 2. The highest BCUT2D eigenvalue weighted by atomic mass is 79.9. The van der Waals surface area contributed by atoms with Crippen molar-refractivity contribution in [2.24, 2.45) is 5.92 Å². The first-order valence-corrected chi connectivity index (χ1v) is 8.63. The number of rotatable bonds is 10. The Hall–Kier alpha value is -0.870. The lowest BCUT2D eigenvalue weighted by molar-refractivity contribution is -0.115. The molecule has 21 heavy (non-hydrogen) atoms. The Labute approximate surface area is 137 Å². The molecule has 0 aliphatic rings. The summed E-state index contributed by atoms with van der Waals surface area (Å²) in [5.74, 6) is 0.822. The number of nitrogens with one attached hydrogen (secondary N) is 2. The van der Waals surface area contributed by atoms with Gasteiger partial charge < -0.3 is 10.6 Å². The Morgan fingerprint density at radius 2 is 1.76 bits per heavy atom. The number of unbranched alkanes of at least 4 members (excludes halogenated alkanes) is 3. The van der Waals surface area contributed by atoms with E-state index in [1.807, 2.05) is 24.3 Å². The maximum atomic E-state index is 11.7. The summed E-state index contributed by atoms with van der Waals surface area (Å²) in [6.45, 7) is 5.83. The minimum Gasteiger partial charge on any atom is -0.325 e. The predicted molar refractivity (Wildman–Crippen MR) is 93.6 cm³/mol. The standard InChI is InChI=1S/C17H27BrN2O/c1-14(2)7-5-3-4-6-12-19-13-17(21)20-16-10-8-15(18)9-11-16/h8-11,14,19H,3-7,12-13H2,1-2H3,(H,20,21). The maximum Gasteiger partial charge on any atom is 0.238 e. The van der Waals surface area contributed by atoms with Crippen LogP contribution in [0, 0.1) is 5.92 Å². The SMILES string of the molecule is CC(C)CCCCCCNCC(=O)Nc1ccc(Br)cc1. The summed E-state index contributed by atoms with van der Waals surface area (Å²) in [6, 6.07) is 7.60. The largest absolute Gasteiger partial charge is 0.325 e. The molecule has 3 nitrogen and oxygen atoms in total. The number of anilines is 1. The van der Waals surface area contributed by atoms with Crippen LogP contribution >= 0.6 is 15.9 Å². The Morgan fingerprint density at radius 3 is 2.43 bits per heavy atom. The molecule has 0 bridgehead atoms. The van der Waals surface area contributed by atoms with Gasteiger partial charge in [-0.1, -0.05) is 55.5 Å². The molecule has 0 radical (unpaired) electrons. The molecular formula is C17H27BrN2O. The van der Waals surface area contributed by atoms with Crippen molar-refractivity contribution >= 4 is 27.5 Å². The summed E-state index contributed by atoms with van der Waals surface area (Å²) in [5, 5.41) is 6.07. The molecule has 0 aromatic heterocycles. The van der Waals surface area contributed by atoms with Crippen LogP contribution in [-0.2, 0) is 4.79 Å². The smallest absolute Gasteiger partial charge is 0.238 e. The van der Waals surface area contributed by atoms with E-state index in [2.05, 4.69) is 40.4 Å². The average molecular weight is 355 g/mol. The minimum atomic E-state index is 0.0112. The molecule has 0 atom stereocenters. The molecule has 1 aromatic carbocycles. The number of amides is 1. The number of halogens is 1. The van der Waals surface area contributed by atoms with E-state index in [-0.39, 0.29) is 5.91 Å². The van der Waals surface area contributed by atoms with E-state index in [1.165, 1.54) is 25.7 Å². The maximum absolute atomic E-state index is 11.7. The van der Waals surface area contributed by atoms with Crippen molar-refractivity contribution in [1.82, 2.24) is 5.32 Å². The van der Waals surface area contributed by atoms with Gasteiger partial charge in [-0.25, -0.2) is 0 Å². The highest BCUT2D eigenvalue weighted by molar-refractivity contribution is 9.10. The minimum absolute atomic E-state index is 0.0112. The summed E-state index contributed by atoms with van der Waals surface area (Å²) in [6.07, 6.45) is 6.33. The molecule has 0 fully saturated rings. The van der Waals surface area contributed by atoms with Gasteiger partial charge in [-0.2, -0.15) is 0 Å². The predicted octanol–water partition coefficient (Wildman–Crippen LogP) is 4.58. The highest BCUT2D eigenvalue weighted by Gasteiger charge is 2.01. The number of hydrogen-bond acceptors (Lipinski definition) is 2. The van der Waals surface area contributed by atoms with E-state index in [4.69, 9.17) is 0 Å². The fourth-order valence-electron chi connectivity index (χ4n) is 2.10. The van der Waals surface area contributed by atoms with Crippen LogP contribution in [0.5, 0.6) is 0 Å². The second-order valence-corrected chi connectivity index (χ2v) is 6.74. The van der Waals surface area contributed by atoms with Gasteiger partial charge in [0, 0.05) is 10.2 Å². The number of carbonyl (C=O) groups excluding carboxylic acids is 1. The van der Waals surface area contributed by atoms with Crippen molar-refractivity contribution in [2.45, 2.75) is 46.0 Å². The van der Waals surface area contributed by atoms with E-state index in [0.29, 0.717) is 6.54 Å². The number of benzene rings is 1. The van der Waals surface area contributed by atoms with Crippen molar-refractivity contribution in [3.05, 3.63) is 28.7 Å². The van der Waals surface area contributed by atoms with Crippen molar-refractivity contribution in [2.75, 3.05) is 18.4 Å². The molecule has 0 saturated carbocycles. The summed E-state index contributed by atoms with van der Waals surface area (Å²) in [7, 11) is 0. The third-order valence-corrected chi connectivity index (χ3v) is 3.83. The molecule has 118 valence electrons. The van der Waals surface area contributed by atoms with E-state index in [1.54, 1.807) is 0 Å². The Balaban J connectivity index is 2.00. The van der Waals surface area contributed by atoms with Crippen LogP contribution < -0.4 is 10.6 Å². The summed E-state index contributed by atoms with van der Waals surface area (Å²) in [4.78, 5) is 11.7. The van der Waals surface area contributed by atoms with E-state index in [9.17, 15) is 4.79 Å². The van der Waals surface area contributed by atoms with E-state index in [0.717, 1.165) is 29.0 Å². The molecule has 0 aliphatic heterocycles. The van der Waals surface area contributed by atoms with Crippen LogP contribution in [0.15, 0.2) is 28.7 Å². The topological polar surface area (TPSA) is 41.1 Å². The lowest BCUT2D eigenvalue weighted by Gasteiger charge is -2.07. The summed E-state index contributed by atoms with van der Waals surface area (Å²) in [5.41, 5.74) is 0.832. The zero-order valence-electron chi connectivity index (χ0n) is 13.1. The molecule has 0 saturated heterocycles. The first-order valence-electron chi connectivity index (χ1n) is 7.84. The molecule has 1 amide bonds. The molecule has 0 unspecified atom stereocenters. The van der Waals surface area contributed by atoms with Gasteiger partial charge in [0.05, 0.1) is 6.54 Å². The Bertz CT molecular complexity index is 404. The first kappa shape index (κ1) is 18.2. The van der Waals surface area contributed by atoms with Gasteiger partial charge in [-0.05, 0) is 43.1 Å². The van der Waals surface area contributed by atoms with Crippen LogP contribution in [0.1, 0.15) is 46.0 Å². The van der Waals surface area contributed by atoms with Crippen LogP contribution in [-0.4, -0.2) is 19.0 Å². The molecule has 0 spiro atoms. The molecule has 1 aromatic rings. The lowest BCUT2D eigenvalue weighted by atomic mass is 10.0. The monoisotopic (exact) mass is 354 g/mol. The van der Waals surface area contributed by atoms with Gasteiger partial charge in [0.15, 0.2) is 0 Å². The molecule has 2 N–H and O–H groups in total. The van der Waals surface area contributed by atoms with Crippen LogP contribution in [0.3, 0.4) is 0 Å². The second kappa shape index (κ2) is 10.8. The van der Waals surface area contributed by atoms with Gasteiger partial charge in [0.25, 0.3) is 0 Å². The fraction of sp³-hybridized carbons (Fsp3) is 0.588. The number of carbonyl (C=O) groups is 1. The van der Waals surface area contributed by atoms with Crippen molar-refractivity contribution in [1.29, 1.82) is 0 Å². The summed E-state index contributed by atoms with van der Waals surface area (Å²) < 4.78 is 1.01. The van der Waals surface area contributed by atoms with Crippen LogP contribution in [0.4, 0.5) is 5.69 Å². The molecule has 4 heteroatoms. The highest BCUT2D eigenvalue weighted by Crippen LogP contribution is 2.13. The zero-order chi connectivity index (χ0) is 15.5. The average Bonchev–Trinajstić information content (AvgIpc) is 2.44. The van der Waals surface area contributed by atoms with Gasteiger partial charge >= 0.3 is 0 Å². The first-order chi connectivity index (χ1) is 10.1. The lowest BCUT2D eigenvalue weighted by Crippen LogP contribution is -2.28. The second-order valence-electron chi connectivity index (χ2n) is 5.83. The third-order valence-electron chi connectivity index (χ3n) is 3.30. The van der Waals surface area contributed by atoms with Gasteiger partial charge in [0.2, 0.25) is 5.91 Å². The van der Waals surface area contributed by atoms with E-state index >= 15 is 0 Å². The normalized spacial score (nSPS) is 10.9. The van der Waals surface area contributed by atoms with Gasteiger partial charge in [-0.3, -0.25) is 4.79 Å². The van der Waals surface area contributed by atoms with Crippen LogP contribution in [0.2, 0.25) is 0 Å². The molecular weight excluding hydrogens is 328 g/mol. The quantitative estimate of drug-likeness (QED) is 0.603. The summed E-state index contributed by atoms with van der Waals surface area (Å²) >= 11 is 3.37. The van der Waals surface area contributed by atoms with E-state index < -0.39 is 0 Å². The van der Waals surface area contributed by atoms with Gasteiger partial charge in [0.1, 0.15) is 0 Å². The molecule has 1 rings (SSSR count). The van der Waals surface area contributed by atoms with Crippen LogP contribution in [0.25, 0.3) is 0 Å². The van der Waals surface area contributed by atoms with Gasteiger partial charge in [-0.15, -0.1) is 0 Å². The molecule has 0 aliphatic carbocycles. The Morgan fingerprint density at radius 1 is 1.10 bits per heavy atom.